The second-order valence-electron chi connectivity index (χ2n) is 5.77. The van der Waals surface area contributed by atoms with Crippen molar-refractivity contribution in [2.75, 3.05) is 13.2 Å². The van der Waals surface area contributed by atoms with Crippen LogP contribution in [-0.4, -0.2) is 35.6 Å². The summed E-state index contributed by atoms with van der Waals surface area (Å²) >= 11 is 0. The Labute approximate surface area is 137 Å². The average molecular weight is 316 g/mol. The number of benzene rings is 1. The van der Waals surface area contributed by atoms with E-state index in [1.807, 2.05) is 63.3 Å². The smallest absolute Gasteiger partial charge is 0.159 e. The lowest BCUT2D eigenvalue weighted by Crippen LogP contribution is -2.35. The van der Waals surface area contributed by atoms with Gasteiger partial charge in [0.25, 0.3) is 0 Å². The van der Waals surface area contributed by atoms with Crippen LogP contribution in [0.2, 0.25) is 0 Å². The first-order valence-corrected chi connectivity index (χ1v) is 7.79. The predicted octanol–water partition coefficient (Wildman–Crippen LogP) is 2.89. The lowest BCUT2D eigenvalue weighted by molar-refractivity contribution is 0.104. The van der Waals surface area contributed by atoms with Crippen LogP contribution in [0.25, 0.3) is 12.2 Å². The van der Waals surface area contributed by atoms with Crippen molar-refractivity contribution in [2.45, 2.75) is 32.9 Å². The maximum Gasteiger partial charge on any atom is 0.159 e. The van der Waals surface area contributed by atoms with Gasteiger partial charge in [0.15, 0.2) is 5.76 Å². The van der Waals surface area contributed by atoms with E-state index in [-0.39, 0.29) is 6.61 Å². The first-order chi connectivity index (χ1) is 11.0. The summed E-state index contributed by atoms with van der Waals surface area (Å²) in [6.45, 7) is 6.71. The van der Waals surface area contributed by atoms with Crippen LogP contribution in [0.5, 0.6) is 5.75 Å². The highest BCUT2D eigenvalue weighted by atomic mass is 16.5. The topological polar surface area (TPSA) is 67.5 Å². The fraction of sp³-hybridized carbons (Fsp3) is 0.389. The molecule has 5 heteroatoms. The Morgan fingerprint density at radius 1 is 1.30 bits per heavy atom. The number of aromatic nitrogens is 1. The van der Waals surface area contributed by atoms with E-state index in [2.05, 4.69) is 10.5 Å². The minimum atomic E-state index is -0.550. The third kappa shape index (κ3) is 5.88. The summed E-state index contributed by atoms with van der Waals surface area (Å²) in [5, 5.41) is 17.0. The van der Waals surface area contributed by atoms with E-state index in [0.717, 1.165) is 17.0 Å². The molecule has 0 aliphatic heterocycles. The van der Waals surface area contributed by atoms with Crippen LogP contribution in [0.15, 0.2) is 34.9 Å². The Balaban J connectivity index is 1.96. The normalized spacial score (nSPS) is 12.9. The minimum Gasteiger partial charge on any atom is -0.490 e. The van der Waals surface area contributed by atoms with E-state index in [1.54, 1.807) is 0 Å². The molecule has 1 atom stereocenters. The largest absolute Gasteiger partial charge is 0.490 e. The number of aryl methyl sites for hydroxylation is 1. The molecule has 1 unspecified atom stereocenters. The van der Waals surface area contributed by atoms with Gasteiger partial charge in [0.2, 0.25) is 0 Å². The molecule has 1 aromatic heterocycles. The number of rotatable bonds is 8. The highest BCUT2D eigenvalue weighted by Crippen LogP contribution is 2.21. The van der Waals surface area contributed by atoms with Gasteiger partial charge in [-0.25, -0.2) is 0 Å². The first kappa shape index (κ1) is 17.2. The van der Waals surface area contributed by atoms with Gasteiger partial charge in [-0.05, 0) is 25.1 Å². The van der Waals surface area contributed by atoms with E-state index in [4.69, 9.17) is 9.26 Å². The van der Waals surface area contributed by atoms with Gasteiger partial charge in [-0.15, -0.1) is 0 Å². The van der Waals surface area contributed by atoms with Crippen molar-refractivity contribution in [2.24, 2.45) is 0 Å². The van der Waals surface area contributed by atoms with Crippen LogP contribution in [0.4, 0.5) is 0 Å². The van der Waals surface area contributed by atoms with Crippen molar-refractivity contribution in [3.8, 4) is 5.75 Å². The first-order valence-electron chi connectivity index (χ1n) is 7.79. The predicted molar refractivity (Wildman–Crippen MR) is 91.3 cm³/mol. The van der Waals surface area contributed by atoms with Crippen molar-refractivity contribution in [1.82, 2.24) is 10.5 Å². The van der Waals surface area contributed by atoms with Gasteiger partial charge in [-0.1, -0.05) is 37.2 Å². The molecule has 0 saturated heterocycles. The molecule has 0 saturated carbocycles. The SMILES string of the molecule is Cc1cc(/C=C\c2ccccc2OCC(O)CNC(C)C)on1. The molecular weight excluding hydrogens is 292 g/mol. The van der Waals surface area contributed by atoms with Crippen LogP contribution in [0.1, 0.15) is 30.9 Å². The Morgan fingerprint density at radius 3 is 2.78 bits per heavy atom. The maximum atomic E-state index is 9.93. The van der Waals surface area contributed by atoms with Gasteiger partial charge in [-0.3, -0.25) is 0 Å². The van der Waals surface area contributed by atoms with Gasteiger partial charge in [-0.2, -0.15) is 0 Å². The summed E-state index contributed by atoms with van der Waals surface area (Å²) in [7, 11) is 0. The van der Waals surface area contributed by atoms with Gasteiger partial charge in [0.05, 0.1) is 5.69 Å². The van der Waals surface area contributed by atoms with Crippen LogP contribution in [0.3, 0.4) is 0 Å². The number of nitrogens with one attached hydrogen (secondary N) is 1. The molecule has 2 N–H and O–H groups in total. The van der Waals surface area contributed by atoms with Crippen LogP contribution in [0, 0.1) is 6.92 Å². The number of hydrogen-bond donors (Lipinski definition) is 2. The molecule has 2 rings (SSSR count). The number of ether oxygens (including phenoxy) is 1. The lowest BCUT2D eigenvalue weighted by Gasteiger charge is -2.16. The van der Waals surface area contributed by atoms with Crippen LogP contribution >= 0.6 is 0 Å². The molecule has 0 amide bonds. The average Bonchev–Trinajstić information content (AvgIpc) is 2.95. The van der Waals surface area contributed by atoms with Gasteiger partial charge < -0.3 is 19.7 Å². The zero-order valence-electron chi connectivity index (χ0n) is 13.8. The number of hydrogen-bond acceptors (Lipinski definition) is 5. The van der Waals surface area contributed by atoms with Crippen LogP contribution < -0.4 is 10.1 Å². The third-order valence-corrected chi connectivity index (χ3v) is 3.19. The number of aliphatic hydroxyl groups is 1. The summed E-state index contributed by atoms with van der Waals surface area (Å²) in [5.41, 5.74) is 1.76. The molecule has 23 heavy (non-hydrogen) atoms. The number of aliphatic hydroxyl groups excluding tert-OH is 1. The van der Waals surface area contributed by atoms with Crippen molar-refractivity contribution in [3.63, 3.8) is 0 Å². The van der Waals surface area contributed by atoms with E-state index >= 15 is 0 Å². The Morgan fingerprint density at radius 2 is 2.09 bits per heavy atom. The molecule has 0 radical (unpaired) electrons. The molecule has 0 fully saturated rings. The highest BCUT2D eigenvalue weighted by Gasteiger charge is 2.07. The Hall–Kier alpha value is -2.11. The summed E-state index contributed by atoms with van der Waals surface area (Å²) in [4.78, 5) is 0. The van der Waals surface area contributed by atoms with Crippen molar-refractivity contribution < 1.29 is 14.4 Å². The summed E-state index contributed by atoms with van der Waals surface area (Å²) in [6.07, 6.45) is 3.21. The summed E-state index contributed by atoms with van der Waals surface area (Å²) in [5.74, 6) is 1.42. The highest BCUT2D eigenvalue weighted by molar-refractivity contribution is 5.70. The maximum absolute atomic E-state index is 9.93. The van der Waals surface area contributed by atoms with Crippen LogP contribution in [-0.2, 0) is 0 Å². The summed E-state index contributed by atoms with van der Waals surface area (Å²) in [6, 6.07) is 9.88. The molecule has 0 aliphatic rings. The second kappa shape index (κ2) is 8.50. The Kier molecular flexibility index (Phi) is 6.38. The third-order valence-electron chi connectivity index (χ3n) is 3.19. The standard InChI is InChI=1S/C18H24N2O3/c1-13(2)19-11-16(21)12-22-18-7-5-4-6-15(18)8-9-17-10-14(3)20-23-17/h4-10,13,16,19,21H,11-12H2,1-3H3/b9-8-. The van der Waals surface area contributed by atoms with E-state index in [1.165, 1.54) is 0 Å². The molecule has 5 nitrogen and oxygen atoms in total. The number of para-hydroxylation sites is 1. The lowest BCUT2D eigenvalue weighted by atomic mass is 10.1. The van der Waals surface area contributed by atoms with Gasteiger partial charge >= 0.3 is 0 Å². The zero-order chi connectivity index (χ0) is 16.7. The molecule has 1 aromatic carbocycles. The molecule has 124 valence electrons. The number of nitrogens with zero attached hydrogens (tertiary/aromatic N) is 1. The quantitative estimate of drug-likeness (QED) is 0.784. The summed E-state index contributed by atoms with van der Waals surface area (Å²) < 4.78 is 10.9. The second-order valence-corrected chi connectivity index (χ2v) is 5.77. The van der Waals surface area contributed by atoms with E-state index in [0.29, 0.717) is 18.3 Å². The molecule has 0 aliphatic carbocycles. The fourth-order valence-electron chi connectivity index (χ4n) is 2.00. The fourth-order valence-corrected chi connectivity index (χ4v) is 2.00. The molecule has 0 spiro atoms. The van der Waals surface area contributed by atoms with Crippen molar-refractivity contribution in [3.05, 3.63) is 47.3 Å². The van der Waals surface area contributed by atoms with E-state index in [9.17, 15) is 5.11 Å². The van der Waals surface area contributed by atoms with Gasteiger partial charge in [0, 0.05) is 24.2 Å². The van der Waals surface area contributed by atoms with Crippen molar-refractivity contribution >= 4 is 12.2 Å². The Bertz CT molecular complexity index is 635. The monoisotopic (exact) mass is 316 g/mol. The van der Waals surface area contributed by atoms with Crippen molar-refractivity contribution in [1.29, 1.82) is 0 Å². The van der Waals surface area contributed by atoms with E-state index < -0.39 is 6.10 Å². The molecule has 2 aromatic rings. The molecule has 1 heterocycles. The zero-order valence-corrected chi connectivity index (χ0v) is 13.8. The molecule has 0 bridgehead atoms. The molecular formula is C18H24N2O3. The minimum absolute atomic E-state index is 0.242. The van der Waals surface area contributed by atoms with Gasteiger partial charge in [0.1, 0.15) is 18.5 Å².